The van der Waals surface area contributed by atoms with Crippen LogP contribution in [0.25, 0.3) is 0 Å². The molecular formula is C44H56O4. The van der Waals surface area contributed by atoms with Crippen LogP contribution >= 0.6 is 0 Å². The summed E-state index contributed by atoms with van der Waals surface area (Å²) in [5, 5.41) is 47.8. The molecule has 1 aliphatic rings. The molecule has 0 heterocycles. The van der Waals surface area contributed by atoms with Gasteiger partial charge in [0, 0.05) is 31.2 Å². The van der Waals surface area contributed by atoms with E-state index in [9.17, 15) is 20.4 Å². The fourth-order valence-electron chi connectivity index (χ4n) is 6.90. The molecule has 4 aromatic rings. The molecule has 0 atom stereocenters. The molecule has 48 heavy (non-hydrogen) atoms. The average molecular weight is 649 g/mol. The van der Waals surface area contributed by atoms with Gasteiger partial charge in [-0.15, -0.1) is 0 Å². The predicted octanol–water partition coefficient (Wildman–Crippen LogP) is 10.4. The summed E-state index contributed by atoms with van der Waals surface area (Å²) >= 11 is 0. The van der Waals surface area contributed by atoms with Crippen molar-refractivity contribution in [3.8, 4) is 23.0 Å². The number of phenolic OH excluding ortho intramolecular Hbond substituents is 4. The van der Waals surface area contributed by atoms with Crippen LogP contribution in [0.1, 0.15) is 150 Å². The van der Waals surface area contributed by atoms with E-state index in [-0.39, 0.29) is 44.7 Å². The van der Waals surface area contributed by atoms with Gasteiger partial charge < -0.3 is 20.4 Å². The summed E-state index contributed by atoms with van der Waals surface area (Å²) in [5.74, 6) is 0.781. The van der Waals surface area contributed by atoms with Gasteiger partial charge in [-0.2, -0.15) is 0 Å². The van der Waals surface area contributed by atoms with Crippen molar-refractivity contribution >= 4 is 0 Å². The topological polar surface area (TPSA) is 80.9 Å². The maximum Gasteiger partial charge on any atom is 0.122 e. The highest BCUT2D eigenvalue weighted by atomic mass is 16.3. The van der Waals surface area contributed by atoms with E-state index in [1.165, 1.54) is 0 Å². The lowest BCUT2D eigenvalue weighted by Gasteiger charge is -2.28. The third-order valence-corrected chi connectivity index (χ3v) is 10.1. The van der Waals surface area contributed by atoms with Crippen molar-refractivity contribution in [1.82, 2.24) is 0 Å². The number of aromatic hydroxyl groups is 4. The number of rotatable bonds is 0. The quantitative estimate of drug-likeness (QED) is 0.135. The first-order valence-corrected chi connectivity index (χ1v) is 17.3. The second-order valence-corrected chi connectivity index (χ2v) is 18.2. The van der Waals surface area contributed by atoms with Crippen molar-refractivity contribution in [3.05, 3.63) is 115 Å². The molecule has 0 unspecified atom stereocenters. The zero-order valence-corrected chi connectivity index (χ0v) is 31.2. The smallest absolute Gasteiger partial charge is 0.122 e. The van der Waals surface area contributed by atoms with Crippen LogP contribution in [0, 0.1) is 0 Å². The molecule has 0 aliphatic heterocycles. The first-order valence-electron chi connectivity index (χ1n) is 17.3. The molecule has 0 amide bonds. The Hall–Kier alpha value is -3.92. The minimum absolute atomic E-state index is 0.188. The van der Waals surface area contributed by atoms with Crippen molar-refractivity contribution < 1.29 is 20.4 Å². The molecule has 5 rings (SSSR count). The summed E-state index contributed by atoms with van der Waals surface area (Å²) < 4.78 is 0. The Kier molecular flexibility index (Phi) is 8.77. The molecule has 4 aromatic carbocycles. The Bertz CT molecular complexity index is 1880. The van der Waals surface area contributed by atoms with Gasteiger partial charge in [-0.1, -0.05) is 132 Å². The first-order chi connectivity index (χ1) is 21.9. The molecule has 0 radical (unpaired) electrons. The molecule has 256 valence electrons. The Balaban J connectivity index is 1.90. The number of fused-ring (bicyclic) bond motifs is 8. The van der Waals surface area contributed by atoms with Crippen LogP contribution in [-0.4, -0.2) is 20.4 Å². The highest BCUT2D eigenvalue weighted by molar-refractivity contribution is 5.59. The van der Waals surface area contributed by atoms with E-state index in [2.05, 4.69) is 126 Å². The van der Waals surface area contributed by atoms with E-state index < -0.39 is 0 Å². The fourth-order valence-corrected chi connectivity index (χ4v) is 6.90. The van der Waals surface area contributed by atoms with E-state index in [0.29, 0.717) is 25.7 Å². The fraction of sp³-hybridized carbons (Fsp3) is 0.455. The van der Waals surface area contributed by atoms with Crippen LogP contribution in [0.15, 0.2) is 48.5 Å². The van der Waals surface area contributed by atoms with Crippen LogP contribution in [0.3, 0.4) is 0 Å². The summed E-state index contributed by atoms with van der Waals surface area (Å²) in [6.07, 6.45) is 1.35. The molecule has 4 nitrogen and oxygen atoms in total. The Morgan fingerprint density at radius 1 is 0.354 bits per heavy atom. The molecule has 4 N–H and O–H groups in total. The van der Waals surface area contributed by atoms with Gasteiger partial charge in [0.1, 0.15) is 23.0 Å². The largest absolute Gasteiger partial charge is 0.507 e. The summed E-state index contributed by atoms with van der Waals surface area (Å²) in [6, 6.07) is 16.5. The Morgan fingerprint density at radius 3 is 0.938 bits per heavy atom. The zero-order valence-electron chi connectivity index (χ0n) is 31.2. The zero-order chi connectivity index (χ0) is 35.7. The summed E-state index contributed by atoms with van der Waals surface area (Å²) in [7, 11) is 0. The van der Waals surface area contributed by atoms with Gasteiger partial charge in [0.25, 0.3) is 0 Å². The summed E-state index contributed by atoms with van der Waals surface area (Å²) in [5.41, 5.74) is 9.38. The van der Waals surface area contributed by atoms with E-state index in [4.69, 9.17) is 0 Å². The second kappa shape index (κ2) is 11.9. The molecule has 1 aliphatic carbocycles. The number of phenols is 4. The normalized spacial score (nSPS) is 14.2. The van der Waals surface area contributed by atoms with Crippen molar-refractivity contribution in [2.75, 3.05) is 0 Å². The van der Waals surface area contributed by atoms with Gasteiger partial charge in [0.15, 0.2) is 0 Å². The van der Waals surface area contributed by atoms with E-state index in [1.807, 2.05) is 6.07 Å². The van der Waals surface area contributed by atoms with Crippen molar-refractivity contribution in [2.24, 2.45) is 0 Å². The molecule has 0 saturated carbocycles. The highest BCUT2D eigenvalue weighted by Gasteiger charge is 2.28. The van der Waals surface area contributed by atoms with Crippen molar-refractivity contribution in [2.45, 2.75) is 130 Å². The van der Waals surface area contributed by atoms with Gasteiger partial charge in [-0.25, -0.2) is 0 Å². The van der Waals surface area contributed by atoms with E-state index in [1.54, 1.807) is 0 Å². The molecule has 0 saturated heterocycles. The van der Waals surface area contributed by atoms with E-state index in [0.717, 1.165) is 66.8 Å². The number of benzene rings is 4. The lowest BCUT2D eigenvalue weighted by atomic mass is 9.78. The number of hydrogen-bond acceptors (Lipinski definition) is 4. The predicted molar refractivity (Wildman–Crippen MR) is 198 cm³/mol. The lowest BCUT2D eigenvalue weighted by Crippen LogP contribution is -2.17. The maximum atomic E-state index is 12.1. The highest BCUT2D eigenvalue weighted by Crippen LogP contribution is 2.43. The molecule has 0 spiro atoms. The van der Waals surface area contributed by atoms with Crippen molar-refractivity contribution in [1.29, 1.82) is 0 Å². The first kappa shape index (κ1) is 35.4. The third kappa shape index (κ3) is 6.95. The molecule has 4 heteroatoms. The summed E-state index contributed by atoms with van der Waals surface area (Å²) in [6.45, 7) is 25.9. The van der Waals surface area contributed by atoms with Gasteiger partial charge in [-0.3, -0.25) is 0 Å². The second-order valence-electron chi connectivity index (χ2n) is 18.2. The van der Waals surface area contributed by atoms with E-state index >= 15 is 0 Å². The van der Waals surface area contributed by atoms with Crippen LogP contribution < -0.4 is 0 Å². The Morgan fingerprint density at radius 2 is 0.646 bits per heavy atom. The lowest BCUT2D eigenvalue weighted by molar-refractivity contribution is 0.446. The molecule has 8 bridgehead atoms. The third-order valence-electron chi connectivity index (χ3n) is 10.1. The standard InChI is InChI=1S/C44H56O4/c1-41(2,3)32-18-26-15-25-13-14-36(44(10,11)12)35(40(25)48)24-31-23-34(43(7,8)9)22-30(39(31)47)17-29-21-33(42(4,5)6)20-28(38(29)46)16-27(19-32)37(26)45/h13-14,18-23,45-48H,15-17,24H2,1-12H3. The monoisotopic (exact) mass is 648 g/mol. The summed E-state index contributed by atoms with van der Waals surface area (Å²) in [4.78, 5) is 0. The van der Waals surface area contributed by atoms with Crippen molar-refractivity contribution in [3.63, 3.8) is 0 Å². The minimum Gasteiger partial charge on any atom is -0.507 e. The van der Waals surface area contributed by atoms with Gasteiger partial charge >= 0.3 is 0 Å². The van der Waals surface area contributed by atoms with Crippen LogP contribution in [0.4, 0.5) is 0 Å². The van der Waals surface area contributed by atoms with Gasteiger partial charge in [0.2, 0.25) is 0 Å². The van der Waals surface area contributed by atoms with Gasteiger partial charge in [-0.05, 0) is 82.9 Å². The molecular weight excluding hydrogens is 592 g/mol. The SMILES string of the molecule is CC(C)(C)c1cc2c(O)c(c1)Cc1cc(C(C)(C)C)cc(c1O)Cc1c(C(C)(C)C)ccc(c1O)Cc1cc(C(C)(C)C)cc(c1O)C2. The van der Waals surface area contributed by atoms with Gasteiger partial charge in [0.05, 0.1) is 0 Å². The van der Waals surface area contributed by atoms with Crippen LogP contribution in [0.5, 0.6) is 23.0 Å². The minimum atomic E-state index is -0.261. The number of hydrogen-bond donors (Lipinski definition) is 4. The van der Waals surface area contributed by atoms with Crippen LogP contribution in [0.2, 0.25) is 0 Å². The maximum absolute atomic E-state index is 12.1. The molecule has 0 aromatic heterocycles. The van der Waals surface area contributed by atoms with Crippen LogP contribution in [-0.2, 0) is 47.3 Å². The average Bonchev–Trinajstić information content (AvgIpc) is 2.93. The Labute approximate surface area is 288 Å². The molecule has 0 fully saturated rings.